The molecule has 78 valence electrons. The average molecular weight is 203 g/mol. The van der Waals surface area contributed by atoms with E-state index in [9.17, 15) is 0 Å². The lowest BCUT2D eigenvalue weighted by Gasteiger charge is -2.37. The maximum atomic E-state index is 6.06. The molecule has 1 aromatic carbocycles. The molecule has 0 saturated carbocycles. The molecule has 0 unspecified atom stereocenters. The van der Waals surface area contributed by atoms with Crippen molar-refractivity contribution in [3.63, 3.8) is 0 Å². The fraction of sp³-hybridized carbons (Fsp3) is 0.500. The molecular formula is C12H13NO2. The summed E-state index contributed by atoms with van der Waals surface area (Å²) in [5.74, 6) is 0. The van der Waals surface area contributed by atoms with Gasteiger partial charge in [-0.2, -0.15) is 0 Å². The van der Waals surface area contributed by atoms with Gasteiger partial charge in [-0.05, 0) is 11.1 Å². The van der Waals surface area contributed by atoms with Gasteiger partial charge in [0.2, 0.25) is 0 Å². The Morgan fingerprint density at radius 2 is 2.13 bits per heavy atom. The van der Waals surface area contributed by atoms with Gasteiger partial charge in [0.05, 0.1) is 25.4 Å². The van der Waals surface area contributed by atoms with Crippen LogP contribution in [0.2, 0.25) is 0 Å². The Kier molecular flexibility index (Phi) is 1.44. The highest BCUT2D eigenvalue weighted by Crippen LogP contribution is 2.43. The van der Waals surface area contributed by atoms with E-state index in [1.54, 1.807) is 0 Å². The number of benzene rings is 1. The molecule has 15 heavy (non-hydrogen) atoms. The van der Waals surface area contributed by atoms with Crippen molar-refractivity contribution in [1.29, 1.82) is 0 Å². The Balaban J connectivity index is 1.72. The monoisotopic (exact) mass is 203 g/mol. The van der Waals surface area contributed by atoms with Crippen LogP contribution < -0.4 is 5.32 Å². The standard InChI is InChI=1S/C12H13NO2/c1-2-4-9-8(3-1)5-10-11(9)13-12(15-10)6-14-7-12/h1-4,10-11,13H,5-7H2/t10-,11-/m0/s1. The van der Waals surface area contributed by atoms with E-state index in [4.69, 9.17) is 9.47 Å². The van der Waals surface area contributed by atoms with E-state index >= 15 is 0 Å². The van der Waals surface area contributed by atoms with Crippen molar-refractivity contribution < 1.29 is 9.47 Å². The van der Waals surface area contributed by atoms with Crippen molar-refractivity contribution in [3.05, 3.63) is 35.4 Å². The summed E-state index contributed by atoms with van der Waals surface area (Å²) in [6.45, 7) is 1.39. The van der Waals surface area contributed by atoms with Gasteiger partial charge in [0.1, 0.15) is 0 Å². The molecule has 2 saturated heterocycles. The van der Waals surface area contributed by atoms with E-state index in [1.165, 1.54) is 11.1 Å². The lowest BCUT2D eigenvalue weighted by atomic mass is 10.1. The summed E-state index contributed by atoms with van der Waals surface area (Å²) in [6.07, 6.45) is 1.35. The predicted octanol–water partition coefficient (Wildman–Crippen LogP) is 0.999. The molecule has 1 N–H and O–H groups in total. The molecule has 0 bridgehead atoms. The van der Waals surface area contributed by atoms with Crippen LogP contribution in [-0.2, 0) is 15.9 Å². The first-order chi connectivity index (χ1) is 7.36. The van der Waals surface area contributed by atoms with Crippen molar-refractivity contribution in [2.75, 3.05) is 13.2 Å². The Morgan fingerprint density at radius 3 is 2.93 bits per heavy atom. The smallest absolute Gasteiger partial charge is 0.167 e. The number of nitrogens with one attached hydrogen (secondary N) is 1. The van der Waals surface area contributed by atoms with Crippen molar-refractivity contribution >= 4 is 0 Å². The molecule has 2 heterocycles. The molecule has 4 rings (SSSR count). The number of rotatable bonds is 0. The minimum atomic E-state index is -0.164. The number of fused-ring (bicyclic) bond motifs is 3. The van der Waals surface area contributed by atoms with Gasteiger partial charge in [0.25, 0.3) is 0 Å². The maximum absolute atomic E-state index is 6.06. The first kappa shape index (κ1) is 8.28. The second-order valence-corrected chi connectivity index (χ2v) is 4.67. The Hall–Kier alpha value is -0.900. The van der Waals surface area contributed by atoms with Crippen LogP contribution in [0.1, 0.15) is 17.2 Å². The average Bonchev–Trinajstić information content (AvgIpc) is 2.70. The first-order valence-corrected chi connectivity index (χ1v) is 5.47. The van der Waals surface area contributed by atoms with E-state index in [-0.39, 0.29) is 5.72 Å². The molecule has 1 spiro atoms. The van der Waals surface area contributed by atoms with Crippen molar-refractivity contribution in [2.24, 2.45) is 0 Å². The summed E-state index contributed by atoms with van der Waals surface area (Å²) < 4.78 is 11.3. The summed E-state index contributed by atoms with van der Waals surface area (Å²) in [5.41, 5.74) is 2.67. The minimum absolute atomic E-state index is 0.164. The normalized spacial score (nSPS) is 34.9. The quantitative estimate of drug-likeness (QED) is 0.682. The van der Waals surface area contributed by atoms with Gasteiger partial charge < -0.3 is 9.47 Å². The van der Waals surface area contributed by atoms with Crippen LogP contribution >= 0.6 is 0 Å². The molecule has 2 aliphatic heterocycles. The van der Waals surface area contributed by atoms with Crippen LogP contribution in [0.15, 0.2) is 24.3 Å². The third kappa shape index (κ3) is 1.00. The second-order valence-electron chi connectivity index (χ2n) is 4.67. The predicted molar refractivity (Wildman–Crippen MR) is 54.4 cm³/mol. The topological polar surface area (TPSA) is 30.5 Å². The zero-order valence-corrected chi connectivity index (χ0v) is 8.40. The van der Waals surface area contributed by atoms with E-state index in [0.717, 1.165) is 6.42 Å². The van der Waals surface area contributed by atoms with Crippen LogP contribution in [0.3, 0.4) is 0 Å². The molecule has 3 nitrogen and oxygen atoms in total. The molecule has 3 heteroatoms. The SMILES string of the molecule is c1ccc2c(c1)C[C@@H]1OC3(COC3)N[C@@H]21. The molecule has 0 radical (unpaired) electrons. The highest BCUT2D eigenvalue weighted by molar-refractivity contribution is 5.38. The zero-order valence-electron chi connectivity index (χ0n) is 8.40. The summed E-state index contributed by atoms with van der Waals surface area (Å²) in [4.78, 5) is 0. The number of hydrogen-bond acceptors (Lipinski definition) is 3. The van der Waals surface area contributed by atoms with Crippen molar-refractivity contribution in [1.82, 2.24) is 5.32 Å². The summed E-state index contributed by atoms with van der Waals surface area (Å²) >= 11 is 0. The summed E-state index contributed by atoms with van der Waals surface area (Å²) in [5, 5.41) is 3.57. The molecule has 2 fully saturated rings. The van der Waals surface area contributed by atoms with Gasteiger partial charge in [0, 0.05) is 6.42 Å². The fourth-order valence-electron chi connectivity index (χ4n) is 2.88. The van der Waals surface area contributed by atoms with Crippen LogP contribution in [0.5, 0.6) is 0 Å². The lowest BCUT2D eigenvalue weighted by molar-refractivity contribution is -0.209. The van der Waals surface area contributed by atoms with Gasteiger partial charge in [-0.3, -0.25) is 5.32 Å². The van der Waals surface area contributed by atoms with Crippen molar-refractivity contribution in [3.8, 4) is 0 Å². The van der Waals surface area contributed by atoms with E-state index < -0.39 is 0 Å². The highest BCUT2D eigenvalue weighted by Gasteiger charge is 2.53. The third-order valence-corrected chi connectivity index (χ3v) is 3.65. The molecule has 0 aromatic heterocycles. The first-order valence-electron chi connectivity index (χ1n) is 5.47. The van der Waals surface area contributed by atoms with Gasteiger partial charge in [-0.25, -0.2) is 0 Å². The second kappa shape index (κ2) is 2.61. The van der Waals surface area contributed by atoms with Crippen LogP contribution in [0, 0.1) is 0 Å². The summed E-state index contributed by atoms with van der Waals surface area (Å²) in [7, 11) is 0. The molecular weight excluding hydrogens is 190 g/mol. The van der Waals surface area contributed by atoms with Crippen molar-refractivity contribution in [2.45, 2.75) is 24.3 Å². The Labute approximate surface area is 88.4 Å². The molecule has 1 aromatic rings. The zero-order chi connectivity index (χ0) is 9.88. The van der Waals surface area contributed by atoms with Crippen LogP contribution in [-0.4, -0.2) is 25.0 Å². The fourth-order valence-corrected chi connectivity index (χ4v) is 2.88. The van der Waals surface area contributed by atoms with Crippen LogP contribution in [0.4, 0.5) is 0 Å². The largest absolute Gasteiger partial charge is 0.372 e. The van der Waals surface area contributed by atoms with Gasteiger partial charge in [-0.1, -0.05) is 24.3 Å². The van der Waals surface area contributed by atoms with E-state index in [2.05, 4.69) is 29.6 Å². The van der Waals surface area contributed by atoms with Crippen LogP contribution in [0.25, 0.3) is 0 Å². The van der Waals surface area contributed by atoms with Gasteiger partial charge in [-0.15, -0.1) is 0 Å². The van der Waals surface area contributed by atoms with Gasteiger partial charge >= 0.3 is 0 Å². The third-order valence-electron chi connectivity index (χ3n) is 3.65. The maximum Gasteiger partial charge on any atom is 0.167 e. The minimum Gasteiger partial charge on any atom is -0.372 e. The van der Waals surface area contributed by atoms with E-state index in [1.807, 2.05) is 0 Å². The molecule has 2 atom stereocenters. The Bertz CT molecular complexity index is 414. The highest BCUT2D eigenvalue weighted by atomic mass is 16.6. The lowest BCUT2D eigenvalue weighted by Crippen LogP contribution is -2.58. The van der Waals surface area contributed by atoms with E-state index in [0.29, 0.717) is 25.4 Å². The molecule has 3 aliphatic rings. The Morgan fingerprint density at radius 1 is 1.27 bits per heavy atom. The number of ether oxygens (including phenoxy) is 2. The summed E-state index contributed by atoms with van der Waals surface area (Å²) in [6, 6.07) is 8.98. The molecule has 0 amide bonds. The van der Waals surface area contributed by atoms with Gasteiger partial charge in [0.15, 0.2) is 5.72 Å². The number of hydrogen-bond donors (Lipinski definition) is 1. The molecule has 1 aliphatic carbocycles.